The third-order valence-corrected chi connectivity index (χ3v) is 7.15. The van der Waals surface area contributed by atoms with Gasteiger partial charge in [-0.2, -0.15) is 0 Å². The van der Waals surface area contributed by atoms with Crippen molar-refractivity contribution in [3.05, 3.63) is 0 Å². The summed E-state index contributed by atoms with van der Waals surface area (Å²) in [5.74, 6) is 3.32. The molecule has 1 N–H and O–H groups in total. The van der Waals surface area contributed by atoms with Crippen molar-refractivity contribution in [3.8, 4) is 0 Å². The molecule has 5 atom stereocenters. The molecule has 100 valence electrons. The molecule has 2 fully saturated rings. The third kappa shape index (κ3) is 2.60. The molecule has 0 aromatic rings. The summed E-state index contributed by atoms with van der Waals surface area (Å²) >= 11 is 0. The maximum Gasteiger partial charge on any atom is 0.338 e. The maximum atomic E-state index is 5.61. The van der Waals surface area contributed by atoms with Crippen molar-refractivity contribution in [2.24, 2.45) is 23.7 Å². The van der Waals surface area contributed by atoms with Gasteiger partial charge in [-0.15, -0.1) is 0 Å². The first-order valence-corrected chi connectivity index (χ1v) is 8.59. The van der Waals surface area contributed by atoms with E-state index in [0.717, 1.165) is 30.2 Å². The lowest BCUT2D eigenvalue weighted by Gasteiger charge is -2.49. The van der Waals surface area contributed by atoms with Crippen LogP contribution in [-0.2, 0) is 8.85 Å². The first-order chi connectivity index (χ1) is 8.19. The molecule has 0 aromatic carbocycles. The highest BCUT2D eigenvalue weighted by atomic mass is 28.3. The topological polar surface area (TPSA) is 30.5 Å². The monoisotopic (exact) mass is 257 g/mol. The summed E-state index contributed by atoms with van der Waals surface area (Å²) in [7, 11) is 2.08. The maximum absolute atomic E-state index is 5.61. The quantitative estimate of drug-likeness (QED) is 0.781. The van der Waals surface area contributed by atoms with Crippen molar-refractivity contribution in [1.29, 1.82) is 0 Å². The first kappa shape index (κ1) is 13.5. The van der Waals surface area contributed by atoms with Crippen LogP contribution in [0.15, 0.2) is 0 Å². The van der Waals surface area contributed by atoms with Crippen LogP contribution >= 0.6 is 0 Å². The summed E-state index contributed by atoms with van der Waals surface area (Å²) in [4.78, 5) is 0. The van der Waals surface area contributed by atoms with E-state index in [2.05, 4.69) is 19.2 Å². The second kappa shape index (κ2) is 5.82. The molecular weight excluding hydrogens is 230 g/mol. The van der Waals surface area contributed by atoms with Crippen LogP contribution in [0.5, 0.6) is 0 Å². The zero-order valence-electron chi connectivity index (χ0n) is 11.6. The summed E-state index contributed by atoms with van der Waals surface area (Å²) in [5, 5.41) is 3.70. The Morgan fingerprint density at radius 2 is 1.76 bits per heavy atom. The fourth-order valence-electron chi connectivity index (χ4n) is 4.18. The minimum atomic E-state index is -1.53. The Morgan fingerprint density at radius 1 is 1.06 bits per heavy atom. The number of nitrogens with one attached hydrogen (secondary N) is 1. The standard InChI is InChI=1S/C13H27NO2Si/c1-9-6-5-7-11-12(9)10(2)8-14-13(11)17(15-3)16-4/h9-14,17H,5-8H2,1-4H3. The highest BCUT2D eigenvalue weighted by Crippen LogP contribution is 2.43. The highest BCUT2D eigenvalue weighted by molar-refractivity contribution is 6.46. The second-order valence-electron chi connectivity index (χ2n) is 5.90. The van der Waals surface area contributed by atoms with Crippen molar-refractivity contribution in [3.63, 3.8) is 0 Å². The normalized spacial score (nSPS) is 42.5. The number of hydrogen-bond acceptors (Lipinski definition) is 3. The summed E-state index contributed by atoms with van der Waals surface area (Å²) < 4.78 is 11.2. The Hall–Kier alpha value is 0.0969. The number of piperidine rings is 1. The minimum Gasteiger partial charge on any atom is -0.399 e. The smallest absolute Gasteiger partial charge is 0.338 e. The third-order valence-electron chi connectivity index (χ3n) is 4.90. The molecule has 0 amide bonds. The lowest BCUT2D eigenvalue weighted by molar-refractivity contribution is 0.0522. The summed E-state index contributed by atoms with van der Waals surface area (Å²) in [5.41, 5.74) is 0.508. The molecule has 2 aliphatic rings. The molecule has 1 aliphatic heterocycles. The van der Waals surface area contributed by atoms with E-state index in [4.69, 9.17) is 8.85 Å². The Bertz CT molecular complexity index is 244. The summed E-state index contributed by atoms with van der Waals surface area (Å²) in [6, 6.07) is 0. The van der Waals surface area contributed by atoms with E-state index in [1.165, 1.54) is 19.3 Å². The lowest BCUT2D eigenvalue weighted by Crippen LogP contribution is -2.60. The van der Waals surface area contributed by atoms with E-state index >= 15 is 0 Å². The molecule has 17 heavy (non-hydrogen) atoms. The van der Waals surface area contributed by atoms with Crippen LogP contribution in [0.2, 0.25) is 0 Å². The van der Waals surface area contributed by atoms with Crippen LogP contribution in [-0.4, -0.2) is 35.7 Å². The molecule has 5 unspecified atom stereocenters. The van der Waals surface area contributed by atoms with Gasteiger partial charge in [0.15, 0.2) is 0 Å². The Morgan fingerprint density at radius 3 is 2.41 bits per heavy atom. The van der Waals surface area contributed by atoms with E-state index in [1.54, 1.807) is 14.2 Å². The van der Waals surface area contributed by atoms with Gasteiger partial charge in [0.1, 0.15) is 0 Å². The summed E-state index contributed by atoms with van der Waals surface area (Å²) in [6.07, 6.45) is 4.14. The van der Waals surface area contributed by atoms with Gasteiger partial charge in [0.2, 0.25) is 0 Å². The van der Waals surface area contributed by atoms with Gasteiger partial charge in [0, 0.05) is 14.2 Å². The van der Waals surface area contributed by atoms with E-state index in [9.17, 15) is 0 Å². The molecule has 0 radical (unpaired) electrons. The fraction of sp³-hybridized carbons (Fsp3) is 1.00. The van der Waals surface area contributed by atoms with Crippen molar-refractivity contribution >= 4 is 9.28 Å². The largest absolute Gasteiger partial charge is 0.399 e. The van der Waals surface area contributed by atoms with Crippen LogP contribution in [0, 0.1) is 23.7 Å². The fourth-order valence-corrected chi connectivity index (χ4v) is 6.14. The molecule has 1 aliphatic carbocycles. The van der Waals surface area contributed by atoms with Gasteiger partial charge in [0.25, 0.3) is 0 Å². The zero-order chi connectivity index (χ0) is 12.4. The molecule has 0 spiro atoms. The predicted octanol–water partition coefficient (Wildman–Crippen LogP) is 1.70. The number of hydrogen-bond donors (Lipinski definition) is 1. The average Bonchev–Trinajstić information content (AvgIpc) is 2.33. The predicted molar refractivity (Wildman–Crippen MR) is 72.1 cm³/mol. The van der Waals surface area contributed by atoms with Crippen LogP contribution in [0.1, 0.15) is 33.1 Å². The Kier molecular flexibility index (Phi) is 4.63. The van der Waals surface area contributed by atoms with Crippen molar-refractivity contribution < 1.29 is 8.85 Å². The molecule has 3 nitrogen and oxygen atoms in total. The average molecular weight is 257 g/mol. The van der Waals surface area contributed by atoms with Crippen molar-refractivity contribution in [1.82, 2.24) is 5.32 Å². The van der Waals surface area contributed by atoms with Gasteiger partial charge in [-0.05, 0) is 36.6 Å². The van der Waals surface area contributed by atoms with Gasteiger partial charge in [0.05, 0.1) is 5.67 Å². The molecule has 1 saturated carbocycles. The zero-order valence-corrected chi connectivity index (χ0v) is 12.8. The molecule has 0 aromatic heterocycles. The number of rotatable bonds is 3. The van der Waals surface area contributed by atoms with Crippen LogP contribution in [0.25, 0.3) is 0 Å². The number of fused-ring (bicyclic) bond motifs is 1. The molecule has 4 heteroatoms. The summed E-state index contributed by atoms with van der Waals surface area (Å²) in [6.45, 7) is 5.97. The molecule has 2 rings (SSSR count). The van der Waals surface area contributed by atoms with Gasteiger partial charge in [-0.1, -0.05) is 26.7 Å². The Balaban J connectivity index is 2.13. The van der Waals surface area contributed by atoms with Crippen LogP contribution in [0.3, 0.4) is 0 Å². The second-order valence-corrected chi connectivity index (χ2v) is 8.30. The minimum absolute atomic E-state index is 0.508. The molecule has 0 bridgehead atoms. The Labute approximate surface area is 107 Å². The molecular formula is C13H27NO2Si. The van der Waals surface area contributed by atoms with Gasteiger partial charge in [-0.3, -0.25) is 0 Å². The highest BCUT2D eigenvalue weighted by Gasteiger charge is 2.45. The van der Waals surface area contributed by atoms with Crippen LogP contribution < -0.4 is 5.32 Å². The lowest BCUT2D eigenvalue weighted by atomic mass is 9.65. The SMILES string of the molecule is CO[SiH](OC)C1NCC(C)C2C(C)CCCC21. The van der Waals surface area contributed by atoms with E-state index in [-0.39, 0.29) is 0 Å². The van der Waals surface area contributed by atoms with E-state index < -0.39 is 9.28 Å². The van der Waals surface area contributed by atoms with Crippen LogP contribution in [0.4, 0.5) is 0 Å². The molecule has 1 saturated heterocycles. The van der Waals surface area contributed by atoms with Crippen molar-refractivity contribution in [2.75, 3.05) is 20.8 Å². The van der Waals surface area contributed by atoms with Gasteiger partial charge < -0.3 is 14.2 Å². The van der Waals surface area contributed by atoms with E-state index in [0.29, 0.717) is 5.67 Å². The first-order valence-electron chi connectivity index (χ1n) is 6.98. The van der Waals surface area contributed by atoms with Gasteiger partial charge >= 0.3 is 9.28 Å². The van der Waals surface area contributed by atoms with Crippen molar-refractivity contribution in [2.45, 2.75) is 38.8 Å². The molecule has 1 heterocycles. The van der Waals surface area contributed by atoms with Gasteiger partial charge in [-0.25, -0.2) is 0 Å². The van der Waals surface area contributed by atoms with E-state index in [1.807, 2.05) is 0 Å².